The predicted molar refractivity (Wildman–Crippen MR) is 108 cm³/mol. The molecule has 2 aliphatic carbocycles. The first-order valence-electron chi connectivity index (χ1n) is 10.3. The molecule has 0 bridgehead atoms. The van der Waals surface area contributed by atoms with Crippen molar-refractivity contribution < 1.29 is 22.7 Å². The lowest BCUT2D eigenvalue weighted by Gasteiger charge is -2.28. The molecule has 4 nitrogen and oxygen atoms in total. The summed E-state index contributed by atoms with van der Waals surface area (Å²) < 4.78 is 43.9. The van der Waals surface area contributed by atoms with E-state index in [1.807, 2.05) is 24.3 Å². The van der Waals surface area contributed by atoms with E-state index in [-0.39, 0.29) is 6.10 Å². The van der Waals surface area contributed by atoms with Gasteiger partial charge in [0.25, 0.3) is 0 Å². The number of rotatable bonds is 5. The lowest BCUT2D eigenvalue weighted by molar-refractivity contribution is -0.137. The van der Waals surface area contributed by atoms with E-state index in [0.717, 1.165) is 43.7 Å². The van der Waals surface area contributed by atoms with E-state index in [4.69, 9.17) is 10.5 Å². The van der Waals surface area contributed by atoms with Crippen LogP contribution in [0.3, 0.4) is 0 Å². The predicted octanol–water partition coefficient (Wildman–Crippen LogP) is 5.22. The molecule has 0 unspecified atom stereocenters. The fourth-order valence-corrected chi connectivity index (χ4v) is 4.36. The zero-order valence-electron chi connectivity index (χ0n) is 16.5. The Labute approximate surface area is 173 Å². The third-order valence-corrected chi connectivity index (χ3v) is 6.06. The molecule has 3 N–H and O–H groups in total. The highest BCUT2D eigenvalue weighted by Crippen LogP contribution is 2.42. The van der Waals surface area contributed by atoms with Crippen LogP contribution in [-0.4, -0.2) is 24.3 Å². The Balaban J connectivity index is 1.31. The molecule has 2 fully saturated rings. The lowest BCUT2D eigenvalue weighted by Crippen LogP contribution is -2.38. The van der Waals surface area contributed by atoms with Crippen LogP contribution in [0.2, 0.25) is 0 Å². The first-order valence-corrected chi connectivity index (χ1v) is 10.3. The summed E-state index contributed by atoms with van der Waals surface area (Å²) >= 11 is 0. The van der Waals surface area contributed by atoms with Crippen LogP contribution in [0.5, 0.6) is 0 Å². The molecule has 160 valence electrons. The summed E-state index contributed by atoms with van der Waals surface area (Å²) in [6, 6.07) is 14.1. The van der Waals surface area contributed by atoms with Crippen molar-refractivity contribution >= 4 is 6.09 Å². The maximum atomic E-state index is 12.9. The summed E-state index contributed by atoms with van der Waals surface area (Å²) in [5.41, 5.74) is 7.00. The van der Waals surface area contributed by atoms with E-state index < -0.39 is 17.8 Å². The van der Waals surface area contributed by atoms with E-state index in [0.29, 0.717) is 23.6 Å². The third kappa shape index (κ3) is 4.95. The van der Waals surface area contributed by atoms with Crippen LogP contribution < -0.4 is 11.1 Å². The molecule has 0 aliphatic heterocycles. The average molecular weight is 418 g/mol. The summed E-state index contributed by atoms with van der Waals surface area (Å²) in [6.45, 7) is 0. The highest BCUT2D eigenvalue weighted by molar-refractivity contribution is 5.65. The summed E-state index contributed by atoms with van der Waals surface area (Å²) in [5, 5.41) is 3.69. The summed E-state index contributed by atoms with van der Waals surface area (Å²) in [7, 11) is 0. The quantitative estimate of drug-likeness (QED) is 0.699. The van der Waals surface area contributed by atoms with Crippen molar-refractivity contribution in [2.45, 2.75) is 62.4 Å². The van der Waals surface area contributed by atoms with Crippen LogP contribution in [0.25, 0.3) is 11.1 Å². The molecule has 2 aromatic carbocycles. The zero-order chi connectivity index (χ0) is 21.3. The first kappa shape index (κ1) is 20.7. The molecular formula is C23H25F3N2O2. The minimum atomic E-state index is -4.34. The molecule has 0 saturated heterocycles. The molecule has 2 saturated carbocycles. The Bertz CT molecular complexity index is 890. The number of hydrogen-bond donors (Lipinski definition) is 2. The van der Waals surface area contributed by atoms with Gasteiger partial charge in [-0.05, 0) is 60.9 Å². The van der Waals surface area contributed by atoms with Crippen LogP contribution in [0.15, 0.2) is 48.5 Å². The minimum Gasteiger partial charge on any atom is -0.446 e. The van der Waals surface area contributed by atoms with Crippen LogP contribution >= 0.6 is 0 Å². The second-order valence-corrected chi connectivity index (χ2v) is 8.23. The topological polar surface area (TPSA) is 64.4 Å². The smallest absolute Gasteiger partial charge is 0.416 e. The number of ether oxygens (including phenoxy) is 1. The number of halogens is 3. The van der Waals surface area contributed by atoms with Gasteiger partial charge in [-0.15, -0.1) is 0 Å². The Kier molecular flexibility index (Phi) is 5.73. The molecule has 7 heteroatoms. The number of alkyl halides is 3. The summed E-state index contributed by atoms with van der Waals surface area (Å²) in [5.74, 6) is 0.431. The van der Waals surface area contributed by atoms with Gasteiger partial charge >= 0.3 is 12.3 Å². The second-order valence-electron chi connectivity index (χ2n) is 8.23. The van der Waals surface area contributed by atoms with E-state index >= 15 is 0 Å². The van der Waals surface area contributed by atoms with Crippen LogP contribution in [0, 0.1) is 0 Å². The van der Waals surface area contributed by atoms with Crippen molar-refractivity contribution in [1.82, 2.24) is 5.32 Å². The van der Waals surface area contributed by atoms with Gasteiger partial charge in [-0.3, -0.25) is 0 Å². The van der Waals surface area contributed by atoms with Crippen molar-refractivity contribution in [3.05, 3.63) is 59.7 Å². The largest absolute Gasteiger partial charge is 0.446 e. The Morgan fingerprint density at radius 1 is 1.00 bits per heavy atom. The molecular weight excluding hydrogens is 393 g/mol. The number of primary amides is 1. The van der Waals surface area contributed by atoms with Crippen LogP contribution in [-0.2, 0) is 10.9 Å². The van der Waals surface area contributed by atoms with Crippen molar-refractivity contribution in [2.24, 2.45) is 5.73 Å². The molecule has 2 aliphatic rings. The van der Waals surface area contributed by atoms with Gasteiger partial charge in [0.15, 0.2) is 0 Å². The highest BCUT2D eigenvalue weighted by Gasteiger charge is 2.40. The van der Waals surface area contributed by atoms with Gasteiger partial charge in [0.05, 0.1) is 5.56 Å². The first-order chi connectivity index (χ1) is 14.3. The number of hydrogen-bond acceptors (Lipinski definition) is 3. The number of nitrogens with two attached hydrogens (primary N) is 1. The van der Waals surface area contributed by atoms with Gasteiger partial charge in [0.1, 0.15) is 6.10 Å². The van der Waals surface area contributed by atoms with Crippen molar-refractivity contribution in [1.29, 1.82) is 0 Å². The maximum absolute atomic E-state index is 12.9. The molecule has 0 spiro atoms. The van der Waals surface area contributed by atoms with Gasteiger partial charge < -0.3 is 15.8 Å². The van der Waals surface area contributed by atoms with E-state index in [1.54, 1.807) is 6.07 Å². The lowest BCUT2D eigenvalue weighted by atomic mass is 9.93. The van der Waals surface area contributed by atoms with Crippen LogP contribution in [0.4, 0.5) is 18.0 Å². The zero-order valence-corrected chi connectivity index (χ0v) is 16.5. The Hall–Kier alpha value is -2.54. The van der Waals surface area contributed by atoms with Crippen LogP contribution in [0.1, 0.15) is 49.1 Å². The molecule has 0 aromatic heterocycles. The molecule has 2 aromatic rings. The number of carbonyl (C=O) groups is 1. The van der Waals surface area contributed by atoms with E-state index in [9.17, 15) is 18.0 Å². The molecule has 1 amide bonds. The Morgan fingerprint density at radius 3 is 2.33 bits per heavy atom. The highest BCUT2D eigenvalue weighted by atomic mass is 19.4. The van der Waals surface area contributed by atoms with Gasteiger partial charge in [-0.2, -0.15) is 13.2 Å². The Morgan fingerprint density at radius 2 is 1.70 bits per heavy atom. The molecule has 30 heavy (non-hydrogen) atoms. The van der Waals surface area contributed by atoms with E-state index in [2.05, 4.69) is 5.32 Å². The number of nitrogens with one attached hydrogen (secondary N) is 1. The van der Waals surface area contributed by atoms with Gasteiger partial charge in [-0.1, -0.05) is 36.4 Å². The SMILES string of the molecule is NC(=O)O[C@H]1CC[C@@H](N[C@H]2C[C@@H]2c2ccc(-c3cccc(C(F)(F)F)c3)cc2)CC1. The maximum Gasteiger partial charge on any atom is 0.416 e. The van der Waals surface area contributed by atoms with E-state index in [1.165, 1.54) is 17.7 Å². The van der Waals surface area contributed by atoms with Gasteiger partial charge in [-0.25, -0.2) is 4.79 Å². The fraction of sp³-hybridized carbons (Fsp3) is 0.435. The molecule has 0 radical (unpaired) electrons. The molecule has 4 rings (SSSR count). The van der Waals surface area contributed by atoms with Crippen molar-refractivity contribution in [3.63, 3.8) is 0 Å². The number of benzene rings is 2. The molecule has 2 atom stereocenters. The second kappa shape index (κ2) is 8.30. The fourth-order valence-electron chi connectivity index (χ4n) is 4.36. The molecule has 0 heterocycles. The van der Waals surface area contributed by atoms with Gasteiger partial charge in [0, 0.05) is 18.0 Å². The monoisotopic (exact) mass is 418 g/mol. The normalized spacial score (nSPS) is 26.2. The standard InChI is InChI=1S/C23H25F3N2O2/c24-23(25,26)17-3-1-2-16(12-17)14-4-6-15(7-5-14)20-13-21(20)28-18-8-10-19(11-9-18)30-22(27)29/h1-7,12,18-21,28H,8-11,13H2,(H2,27,29)/t18-,19+,20-,21+/m1/s1. The van der Waals surface area contributed by atoms with Gasteiger partial charge in [0.2, 0.25) is 0 Å². The number of carbonyl (C=O) groups excluding carboxylic acids is 1. The minimum absolute atomic E-state index is 0.0704. The van der Waals surface area contributed by atoms with Crippen molar-refractivity contribution in [2.75, 3.05) is 0 Å². The third-order valence-electron chi connectivity index (χ3n) is 6.06. The summed E-state index contributed by atoms with van der Waals surface area (Å²) in [6.07, 6.45) is -0.506. The summed E-state index contributed by atoms with van der Waals surface area (Å²) in [4.78, 5) is 10.8. The van der Waals surface area contributed by atoms with Crippen molar-refractivity contribution in [3.8, 4) is 11.1 Å². The number of amides is 1. The average Bonchev–Trinajstić information content (AvgIpc) is 3.48.